The van der Waals surface area contributed by atoms with Crippen molar-refractivity contribution in [3.05, 3.63) is 83.7 Å². The van der Waals surface area contributed by atoms with Crippen LogP contribution in [-0.2, 0) is 16.4 Å². The van der Waals surface area contributed by atoms with Gasteiger partial charge in [-0.15, -0.1) is 0 Å². The highest BCUT2D eigenvalue weighted by Gasteiger charge is 2.16. The standard InChI is InChI=1S/C19H16FNO4S/c20-15-6-10-17(11-7-15)25-16-8-4-13(5-9-16)12-14-2-1-3-18(19(14)22)26(21,23)24/h1-11,22H,12H2,(H2,21,23,24). The Kier molecular flexibility index (Phi) is 4.92. The van der Waals surface area contributed by atoms with Crippen LogP contribution in [0.2, 0.25) is 0 Å². The Bertz CT molecular complexity index is 1020. The van der Waals surface area contributed by atoms with Crippen molar-refractivity contribution in [2.24, 2.45) is 5.14 Å². The number of phenols is 1. The SMILES string of the molecule is NS(=O)(=O)c1cccc(Cc2ccc(Oc3ccc(F)cc3)cc2)c1O. The monoisotopic (exact) mass is 373 g/mol. The molecule has 0 saturated carbocycles. The predicted molar refractivity (Wildman–Crippen MR) is 95.2 cm³/mol. The molecule has 0 fully saturated rings. The number of sulfonamides is 1. The maximum Gasteiger partial charge on any atom is 0.241 e. The summed E-state index contributed by atoms with van der Waals surface area (Å²) >= 11 is 0. The average molecular weight is 373 g/mol. The molecule has 5 nitrogen and oxygen atoms in total. The van der Waals surface area contributed by atoms with E-state index in [0.29, 0.717) is 23.5 Å². The van der Waals surface area contributed by atoms with E-state index in [2.05, 4.69) is 0 Å². The summed E-state index contributed by atoms with van der Waals surface area (Å²) in [5, 5.41) is 15.2. The van der Waals surface area contributed by atoms with Crippen molar-refractivity contribution >= 4 is 10.0 Å². The van der Waals surface area contributed by atoms with Crippen molar-refractivity contribution in [1.82, 2.24) is 0 Å². The third-order valence-electron chi connectivity index (χ3n) is 3.76. The topological polar surface area (TPSA) is 89.6 Å². The van der Waals surface area contributed by atoms with Gasteiger partial charge in [-0.1, -0.05) is 24.3 Å². The molecule has 0 aliphatic carbocycles. The molecule has 0 aliphatic rings. The zero-order valence-electron chi connectivity index (χ0n) is 13.6. The fourth-order valence-electron chi connectivity index (χ4n) is 2.47. The molecule has 26 heavy (non-hydrogen) atoms. The van der Waals surface area contributed by atoms with Crippen LogP contribution in [0.1, 0.15) is 11.1 Å². The van der Waals surface area contributed by atoms with Gasteiger partial charge >= 0.3 is 0 Å². The lowest BCUT2D eigenvalue weighted by molar-refractivity contribution is 0.453. The Balaban J connectivity index is 1.77. The number of primary sulfonamides is 1. The average Bonchev–Trinajstić information content (AvgIpc) is 2.59. The van der Waals surface area contributed by atoms with Crippen molar-refractivity contribution in [2.45, 2.75) is 11.3 Å². The Labute approximate surface area is 150 Å². The van der Waals surface area contributed by atoms with Crippen molar-refractivity contribution in [1.29, 1.82) is 0 Å². The molecule has 0 radical (unpaired) electrons. The minimum Gasteiger partial charge on any atom is -0.506 e. The number of benzene rings is 3. The molecule has 3 aromatic carbocycles. The minimum atomic E-state index is -3.99. The molecule has 3 N–H and O–H groups in total. The van der Waals surface area contributed by atoms with Gasteiger partial charge < -0.3 is 9.84 Å². The molecule has 0 aromatic heterocycles. The van der Waals surface area contributed by atoms with E-state index in [-0.39, 0.29) is 16.5 Å². The number of rotatable bonds is 5. The zero-order valence-corrected chi connectivity index (χ0v) is 14.4. The number of hydrogen-bond acceptors (Lipinski definition) is 4. The van der Waals surface area contributed by atoms with Gasteiger partial charge in [-0.25, -0.2) is 17.9 Å². The molecule has 0 atom stereocenters. The van der Waals surface area contributed by atoms with Gasteiger partial charge in [-0.05, 0) is 53.6 Å². The van der Waals surface area contributed by atoms with Crippen LogP contribution < -0.4 is 9.88 Å². The summed E-state index contributed by atoms with van der Waals surface area (Å²) in [6, 6.07) is 17.2. The van der Waals surface area contributed by atoms with Crippen LogP contribution in [0.15, 0.2) is 71.6 Å². The molecular weight excluding hydrogens is 357 g/mol. The predicted octanol–water partition coefficient (Wildman–Crippen LogP) is 3.56. The second-order valence-corrected chi connectivity index (χ2v) is 7.22. The van der Waals surface area contributed by atoms with Gasteiger partial charge in [-0.2, -0.15) is 0 Å². The lowest BCUT2D eigenvalue weighted by Gasteiger charge is -2.10. The third kappa shape index (κ3) is 4.19. The van der Waals surface area contributed by atoms with Crippen molar-refractivity contribution < 1.29 is 22.7 Å². The molecule has 7 heteroatoms. The first-order valence-corrected chi connectivity index (χ1v) is 9.23. The van der Waals surface area contributed by atoms with Crippen LogP contribution >= 0.6 is 0 Å². The van der Waals surface area contributed by atoms with E-state index in [9.17, 15) is 17.9 Å². The number of halogens is 1. The summed E-state index contributed by atoms with van der Waals surface area (Å²) in [4.78, 5) is -0.300. The van der Waals surface area contributed by atoms with Crippen molar-refractivity contribution in [3.63, 3.8) is 0 Å². The van der Waals surface area contributed by atoms with E-state index in [1.165, 1.54) is 36.4 Å². The summed E-state index contributed by atoms with van der Waals surface area (Å²) in [5.74, 6) is 0.399. The second-order valence-electron chi connectivity index (χ2n) is 5.69. The maximum atomic E-state index is 12.9. The minimum absolute atomic E-state index is 0.300. The van der Waals surface area contributed by atoms with E-state index in [1.807, 2.05) is 0 Å². The Morgan fingerprint density at radius 1 is 0.923 bits per heavy atom. The molecule has 0 aliphatic heterocycles. The van der Waals surface area contributed by atoms with Gasteiger partial charge in [0.15, 0.2) is 0 Å². The Morgan fingerprint density at radius 3 is 2.08 bits per heavy atom. The highest BCUT2D eigenvalue weighted by Crippen LogP contribution is 2.28. The molecule has 0 heterocycles. The van der Waals surface area contributed by atoms with Gasteiger partial charge in [0.2, 0.25) is 10.0 Å². The van der Waals surface area contributed by atoms with E-state index in [1.54, 1.807) is 30.3 Å². The highest BCUT2D eigenvalue weighted by molar-refractivity contribution is 7.89. The Hall–Kier alpha value is -2.90. The fraction of sp³-hybridized carbons (Fsp3) is 0.0526. The molecule has 0 saturated heterocycles. The highest BCUT2D eigenvalue weighted by atomic mass is 32.2. The summed E-state index contributed by atoms with van der Waals surface area (Å²) in [6.45, 7) is 0. The van der Waals surface area contributed by atoms with Gasteiger partial charge in [0.05, 0.1) is 0 Å². The van der Waals surface area contributed by atoms with Crippen LogP contribution in [0.5, 0.6) is 17.2 Å². The maximum absolute atomic E-state index is 12.9. The summed E-state index contributed by atoms with van der Waals surface area (Å²) < 4.78 is 41.5. The fourth-order valence-corrected chi connectivity index (χ4v) is 3.14. The van der Waals surface area contributed by atoms with E-state index in [4.69, 9.17) is 9.88 Å². The van der Waals surface area contributed by atoms with Crippen LogP contribution in [0.4, 0.5) is 4.39 Å². The third-order valence-corrected chi connectivity index (χ3v) is 4.70. The van der Waals surface area contributed by atoms with Crippen molar-refractivity contribution in [2.75, 3.05) is 0 Å². The number of nitrogens with two attached hydrogens (primary N) is 1. The lowest BCUT2D eigenvalue weighted by atomic mass is 10.0. The van der Waals surface area contributed by atoms with Gasteiger partial charge in [0.25, 0.3) is 0 Å². The van der Waals surface area contributed by atoms with E-state index >= 15 is 0 Å². The molecule has 134 valence electrons. The first kappa shape index (κ1) is 17.9. The van der Waals surface area contributed by atoms with E-state index < -0.39 is 10.0 Å². The number of hydrogen-bond donors (Lipinski definition) is 2. The Morgan fingerprint density at radius 2 is 1.50 bits per heavy atom. The second kappa shape index (κ2) is 7.15. The number of ether oxygens (including phenoxy) is 1. The van der Waals surface area contributed by atoms with Gasteiger partial charge in [0, 0.05) is 6.42 Å². The molecule has 0 bridgehead atoms. The molecule has 0 spiro atoms. The van der Waals surface area contributed by atoms with Gasteiger partial charge in [-0.3, -0.25) is 0 Å². The molecule has 0 amide bonds. The van der Waals surface area contributed by atoms with Crippen LogP contribution in [-0.4, -0.2) is 13.5 Å². The van der Waals surface area contributed by atoms with E-state index in [0.717, 1.165) is 5.56 Å². The number of para-hydroxylation sites is 1. The molecule has 3 rings (SSSR count). The van der Waals surface area contributed by atoms with Crippen LogP contribution in [0.25, 0.3) is 0 Å². The first-order chi connectivity index (χ1) is 12.3. The number of aromatic hydroxyl groups is 1. The summed E-state index contributed by atoms with van der Waals surface area (Å²) in [6.07, 6.45) is 0.325. The number of phenolic OH excluding ortho intramolecular Hbond substituents is 1. The molecule has 0 unspecified atom stereocenters. The summed E-state index contributed by atoms with van der Waals surface area (Å²) in [7, 11) is -3.99. The lowest BCUT2D eigenvalue weighted by Crippen LogP contribution is -2.12. The molecular formula is C19H16FNO4S. The molecule has 3 aromatic rings. The smallest absolute Gasteiger partial charge is 0.241 e. The zero-order chi connectivity index (χ0) is 18.7. The van der Waals surface area contributed by atoms with Crippen molar-refractivity contribution in [3.8, 4) is 17.2 Å². The quantitative estimate of drug-likeness (QED) is 0.716. The summed E-state index contributed by atoms with van der Waals surface area (Å²) in [5.41, 5.74) is 1.29. The first-order valence-electron chi connectivity index (χ1n) is 7.69. The normalized spacial score (nSPS) is 11.3. The van der Waals surface area contributed by atoms with Crippen LogP contribution in [0.3, 0.4) is 0 Å². The largest absolute Gasteiger partial charge is 0.506 e. The van der Waals surface area contributed by atoms with Gasteiger partial charge in [0.1, 0.15) is 28.0 Å². The van der Waals surface area contributed by atoms with Crippen LogP contribution in [0, 0.1) is 5.82 Å².